The molecule has 3 atom stereocenters. The van der Waals surface area contributed by atoms with Gasteiger partial charge in [0.15, 0.2) is 6.29 Å². The molecule has 0 aromatic heterocycles. The molecule has 92 valence electrons. The molecular weight excluding hydrogens is 204 g/mol. The Labute approximate surface area is 97.4 Å². The van der Waals surface area contributed by atoms with Crippen LogP contribution in [0.4, 0.5) is 0 Å². The fraction of sp³-hybridized carbons (Fsp3) is 1.00. The second-order valence-electron chi connectivity index (χ2n) is 5.39. The highest BCUT2D eigenvalue weighted by atomic mass is 16.7. The number of hydrogen-bond acceptors (Lipinski definition) is 3. The van der Waals surface area contributed by atoms with Gasteiger partial charge in [0.05, 0.1) is 12.2 Å². The molecule has 0 bridgehead atoms. The smallest absolute Gasteiger partial charge is 0.158 e. The quantitative estimate of drug-likeness (QED) is 0.724. The molecule has 0 amide bonds. The summed E-state index contributed by atoms with van der Waals surface area (Å²) in [6.07, 6.45) is 8.43. The van der Waals surface area contributed by atoms with Crippen LogP contribution >= 0.6 is 0 Å². The number of fused-ring (bicyclic) bond motifs is 1. The van der Waals surface area contributed by atoms with Gasteiger partial charge in [-0.15, -0.1) is 0 Å². The third-order valence-corrected chi connectivity index (χ3v) is 4.39. The number of ether oxygens (including phenoxy) is 3. The normalized spacial score (nSPS) is 44.2. The molecule has 3 fully saturated rings. The van der Waals surface area contributed by atoms with Gasteiger partial charge in [0, 0.05) is 25.6 Å². The monoisotopic (exact) mass is 226 g/mol. The highest BCUT2D eigenvalue weighted by molar-refractivity contribution is 4.96. The van der Waals surface area contributed by atoms with Crippen molar-refractivity contribution in [2.75, 3.05) is 19.8 Å². The van der Waals surface area contributed by atoms with Crippen molar-refractivity contribution in [1.29, 1.82) is 0 Å². The minimum atomic E-state index is 0.0625. The first kappa shape index (κ1) is 11.0. The van der Waals surface area contributed by atoms with E-state index in [1.807, 2.05) is 0 Å². The predicted octanol–water partition coefficient (Wildman–Crippen LogP) is 2.49. The molecule has 3 aliphatic rings. The van der Waals surface area contributed by atoms with Gasteiger partial charge in [-0.1, -0.05) is 6.42 Å². The Morgan fingerprint density at radius 3 is 2.88 bits per heavy atom. The van der Waals surface area contributed by atoms with Crippen molar-refractivity contribution < 1.29 is 14.2 Å². The van der Waals surface area contributed by atoms with E-state index in [1.54, 1.807) is 0 Å². The second kappa shape index (κ2) is 4.63. The molecule has 3 heteroatoms. The molecule has 0 aromatic carbocycles. The van der Waals surface area contributed by atoms with Crippen LogP contribution < -0.4 is 0 Å². The second-order valence-corrected chi connectivity index (χ2v) is 5.39. The molecule has 1 aliphatic carbocycles. The summed E-state index contributed by atoms with van der Waals surface area (Å²) in [5.41, 5.74) is 0.0975. The van der Waals surface area contributed by atoms with Crippen molar-refractivity contribution in [1.82, 2.24) is 0 Å². The molecule has 0 aromatic rings. The number of rotatable bonds is 2. The average Bonchev–Trinajstić information content (AvgIpc) is 2.73. The summed E-state index contributed by atoms with van der Waals surface area (Å²) in [5.74, 6) is 0.617. The molecule has 3 unspecified atom stereocenters. The molecule has 0 spiro atoms. The third kappa shape index (κ3) is 2.01. The summed E-state index contributed by atoms with van der Waals surface area (Å²) >= 11 is 0. The lowest BCUT2D eigenvalue weighted by molar-refractivity contribution is -0.253. The summed E-state index contributed by atoms with van der Waals surface area (Å²) in [4.78, 5) is 0. The van der Waals surface area contributed by atoms with E-state index in [0.717, 1.165) is 32.7 Å². The summed E-state index contributed by atoms with van der Waals surface area (Å²) in [5, 5.41) is 0. The van der Waals surface area contributed by atoms with Gasteiger partial charge >= 0.3 is 0 Å². The molecule has 0 radical (unpaired) electrons. The maximum Gasteiger partial charge on any atom is 0.158 e. The number of hydrogen-bond donors (Lipinski definition) is 0. The van der Waals surface area contributed by atoms with Crippen molar-refractivity contribution >= 4 is 0 Å². The largest absolute Gasteiger partial charge is 0.381 e. The van der Waals surface area contributed by atoms with Crippen molar-refractivity contribution in [2.45, 2.75) is 56.8 Å². The Morgan fingerprint density at radius 2 is 2.00 bits per heavy atom. The standard InChI is InChI=1S/C13H22O3/c1-2-8-15-12(5-1)16-13-6-3-4-11(13)10-14-9-7-13/h11-12H,1-10H2. The van der Waals surface area contributed by atoms with Crippen LogP contribution in [0.3, 0.4) is 0 Å². The first-order valence-corrected chi connectivity index (χ1v) is 6.76. The van der Waals surface area contributed by atoms with Gasteiger partial charge in [0.2, 0.25) is 0 Å². The summed E-state index contributed by atoms with van der Waals surface area (Å²) in [6.45, 7) is 2.64. The Morgan fingerprint density at radius 1 is 1.00 bits per heavy atom. The van der Waals surface area contributed by atoms with Crippen LogP contribution in [-0.2, 0) is 14.2 Å². The summed E-state index contributed by atoms with van der Waals surface area (Å²) in [6, 6.07) is 0. The first-order valence-electron chi connectivity index (χ1n) is 6.76. The highest BCUT2D eigenvalue weighted by Crippen LogP contribution is 2.45. The van der Waals surface area contributed by atoms with Crippen molar-refractivity contribution in [3.63, 3.8) is 0 Å². The van der Waals surface area contributed by atoms with E-state index in [1.165, 1.54) is 32.1 Å². The van der Waals surface area contributed by atoms with Gasteiger partial charge in [-0.25, -0.2) is 0 Å². The van der Waals surface area contributed by atoms with Gasteiger partial charge in [0.1, 0.15) is 0 Å². The van der Waals surface area contributed by atoms with Crippen LogP contribution in [0, 0.1) is 5.92 Å². The lowest BCUT2D eigenvalue weighted by Crippen LogP contribution is -2.47. The summed E-state index contributed by atoms with van der Waals surface area (Å²) in [7, 11) is 0. The molecular formula is C13H22O3. The third-order valence-electron chi connectivity index (χ3n) is 4.39. The van der Waals surface area contributed by atoms with Crippen LogP contribution in [0.15, 0.2) is 0 Å². The SMILES string of the molecule is C1CCC(OC23CCCC2COCC3)OC1. The van der Waals surface area contributed by atoms with Crippen LogP contribution in [0.5, 0.6) is 0 Å². The average molecular weight is 226 g/mol. The van der Waals surface area contributed by atoms with Gasteiger partial charge in [-0.05, 0) is 32.1 Å². The van der Waals surface area contributed by atoms with E-state index in [9.17, 15) is 0 Å². The maximum atomic E-state index is 6.34. The summed E-state index contributed by atoms with van der Waals surface area (Å²) < 4.78 is 17.6. The highest BCUT2D eigenvalue weighted by Gasteiger charge is 2.47. The van der Waals surface area contributed by atoms with Crippen LogP contribution in [0.25, 0.3) is 0 Å². The van der Waals surface area contributed by atoms with Gasteiger partial charge in [-0.3, -0.25) is 0 Å². The Bertz CT molecular complexity index is 237. The van der Waals surface area contributed by atoms with E-state index < -0.39 is 0 Å². The Balaban J connectivity index is 1.65. The van der Waals surface area contributed by atoms with Gasteiger partial charge in [-0.2, -0.15) is 0 Å². The van der Waals surface area contributed by atoms with E-state index in [2.05, 4.69) is 0 Å². The van der Waals surface area contributed by atoms with E-state index in [-0.39, 0.29) is 11.9 Å². The minimum Gasteiger partial charge on any atom is -0.381 e. The van der Waals surface area contributed by atoms with E-state index in [4.69, 9.17) is 14.2 Å². The fourth-order valence-electron chi connectivity index (χ4n) is 3.43. The molecule has 3 rings (SSSR count). The van der Waals surface area contributed by atoms with Crippen LogP contribution in [-0.4, -0.2) is 31.7 Å². The van der Waals surface area contributed by atoms with E-state index in [0.29, 0.717) is 5.92 Å². The zero-order valence-electron chi connectivity index (χ0n) is 9.95. The van der Waals surface area contributed by atoms with Crippen molar-refractivity contribution in [2.24, 2.45) is 5.92 Å². The van der Waals surface area contributed by atoms with Crippen molar-refractivity contribution in [3.8, 4) is 0 Å². The molecule has 2 saturated heterocycles. The molecule has 2 heterocycles. The fourth-order valence-corrected chi connectivity index (χ4v) is 3.43. The lowest BCUT2D eigenvalue weighted by atomic mass is 9.86. The first-order chi connectivity index (χ1) is 7.89. The molecule has 2 aliphatic heterocycles. The lowest BCUT2D eigenvalue weighted by Gasteiger charge is -2.42. The Hall–Kier alpha value is -0.120. The molecule has 3 nitrogen and oxygen atoms in total. The zero-order valence-corrected chi connectivity index (χ0v) is 9.95. The maximum absolute atomic E-state index is 6.34. The predicted molar refractivity (Wildman–Crippen MR) is 60.2 cm³/mol. The minimum absolute atomic E-state index is 0.0625. The molecule has 16 heavy (non-hydrogen) atoms. The van der Waals surface area contributed by atoms with Crippen molar-refractivity contribution in [3.05, 3.63) is 0 Å². The molecule has 1 saturated carbocycles. The Kier molecular flexibility index (Phi) is 3.18. The van der Waals surface area contributed by atoms with Gasteiger partial charge < -0.3 is 14.2 Å². The van der Waals surface area contributed by atoms with E-state index >= 15 is 0 Å². The van der Waals surface area contributed by atoms with Crippen LogP contribution in [0.1, 0.15) is 44.9 Å². The van der Waals surface area contributed by atoms with Gasteiger partial charge in [0.25, 0.3) is 0 Å². The topological polar surface area (TPSA) is 27.7 Å². The van der Waals surface area contributed by atoms with Crippen LogP contribution in [0.2, 0.25) is 0 Å². The molecule has 0 N–H and O–H groups in total. The zero-order chi connectivity index (χ0) is 10.8.